The van der Waals surface area contributed by atoms with E-state index in [4.69, 9.17) is 4.52 Å². The second kappa shape index (κ2) is 5.47. The number of benzene rings is 1. The molecule has 1 N–H and O–H groups in total. The van der Waals surface area contributed by atoms with Crippen molar-refractivity contribution in [1.82, 2.24) is 15.5 Å². The summed E-state index contributed by atoms with van der Waals surface area (Å²) in [5.74, 6) is -1.13. The maximum absolute atomic E-state index is 13.7. The summed E-state index contributed by atoms with van der Waals surface area (Å²) in [5, 5.41) is 6.44. The third-order valence-corrected chi connectivity index (χ3v) is 3.76. The van der Waals surface area contributed by atoms with E-state index in [1.807, 2.05) is 0 Å². The Balaban J connectivity index is 1.63. The summed E-state index contributed by atoms with van der Waals surface area (Å²) >= 11 is 0. The molecule has 1 amide bonds. The topological polar surface area (TPSA) is 68.0 Å². The van der Waals surface area contributed by atoms with Crippen LogP contribution in [0.4, 0.5) is 8.78 Å². The number of aryl methyl sites for hydroxylation is 1. The highest BCUT2D eigenvalue weighted by molar-refractivity contribution is 5.83. The summed E-state index contributed by atoms with van der Waals surface area (Å²) in [6, 6.07) is 3.03. The van der Waals surface area contributed by atoms with Crippen LogP contribution < -0.4 is 5.32 Å². The maximum Gasteiger partial charge on any atom is 0.248 e. The second-order valence-corrected chi connectivity index (χ2v) is 5.52. The van der Waals surface area contributed by atoms with Crippen molar-refractivity contribution in [1.29, 1.82) is 0 Å². The molecule has 1 aromatic heterocycles. The lowest BCUT2D eigenvalue weighted by Gasteiger charge is -2.09. The average molecular weight is 307 g/mol. The van der Waals surface area contributed by atoms with Crippen LogP contribution in [0, 0.1) is 24.5 Å². The minimum atomic E-state index is -0.622. The standard InChI is InChI=1S/C15H15F2N3O2/c1-7(15-19-8(2)20-22-15)18-14(21)12-6-11(12)10-4-3-9(16)5-13(10)17/h3-5,7,11-12H,6H2,1-2H3,(H,18,21)/t7-,11-,12-/m0/s1. The van der Waals surface area contributed by atoms with Crippen LogP contribution in [0.15, 0.2) is 22.7 Å². The fourth-order valence-corrected chi connectivity index (χ4v) is 2.50. The number of nitrogens with zero attached hydrogens (tertiary/aromatic N) is 2. The Morgan fingerprint density at radius 3 is 2.86 bits per heavy atom. The van der Waals surface area contributed by atoms with Crippen LogP contribution in [0.3, 0.4) is 0 Å². The van der Waals surface area contributed by atoms with Crippen LogP contribution in [0.5, 0.6) is 0 Å². The fraction of sp³-hybridized carbons (Fsp3) is 0.400. The molecule has 3 rings (SSSR count). The predicted octanol–water partition coefficient (Wildman–Crippen LogP) is 2.64. The Hall–Kier alpha value is -2.31. The van der Waals surface area contributed by atoms with Crippen molar-refractivity contribution < 1.29 is 18.1 Å². The normalized spacial score (nSPS) is 21.5. The molecule has 0 unspecified atom stereocenters. The molecule has 1 aliphatic carbocycles. The molecule has 1 aromatic carbocycles. The van der Waals surface area contributed by atoms with Gasteiger partial charge >= 0.3 is 0 Å². The highest BCUT2D eigenvalue weighted by atomic mass is 19.1. The quantitative estimate of drug-likeness (QED) is 0.943. The van der Waals surface area contributed by atoms with E-state index < -0.39 is 17.7 Å². The van der Waals surface area contributed by atoms with Crippen molar-refractivity contribution in [2.75, 3.05) is 0 Å². The number of amides is 1. The lowest BCUT2D eigenvalue weighted by molar-refractivity contribution is -0.123. The molecule has 1 fully saturated rings. The second-order valence-electron chi connectivity index (χ2n) is 5.52. The van der Waals surface area contributed by atoms with Crippen molar-refractivity contribution in [2.24, 2.45) is 5.92 Å². The Morgan fingerprint density at radius 1 is 1.45 bits per heavy atom. The van der Waals surface area contributed by atoms with E-state index in [0.29, 0.717) is 23.7 Å². The molecule has 0 radical (unpaired) electrons. The molecule has 1 aliphatic rings. The summed E-state index contributed by atoms with van der Waals surface area (Å²) in [7, 11) is 0. The van der Waals surface area contributed by atoms with E-state index in [1.54, 1.807) is 13.8 Å². The number of nitrogens with one attached hydrogen (secondary N) is 1. The highest BCUT2D eigenvalue weighted by Gasteiger charge is 2.45. The zero-order valence-corrected chi connectivity index (χ0v) is 12.1. The predicted molar refractivity (Wildman–Crippen MR) is 72.8 cm³/mol. The summed E-state index contributed by atoms with van der Waals surface area (Å²) in [6.07, 6.45) is 0.546. The van der Waals surface area contributed by atoms with Gasteiger partial charge in [0.25, 0.3) is 0 Å². The maximum atomic E-state index is 13.7. The molecule has 0 saturated heterocycles. The third-order valence-electron chi connectivity index (χ3n) is 3.76. The summed E-state index contributed by atoms with van der Waals surface area (Å²) in [4.78, 5) is 16.2. The van der Waals surface area contributed by atoms with Crippen molar-refractivity contribution in [3.63, 3.8) is 0 Å². The zero-order chi connectivity index (χ0) is 15.9. The first-order valence-electron chi connectivity index (χ1n) is 7.01. The first-order chi connectivity index (χ1) is 10.5. The Labute approximate surface area is 125 Å². The Kier molecular flexibility index (Phi) is 3.64. The van der Waals surface area contributed by atoms with Gasteiger partial charge in [0.2, 0.25) is 11.8 Å². The first-order valence-corrected chi connectivity index (χ1v) is 7.01. The number of carbonyl (C=O) groups excluding carboxylic acids is 1. The monoisotopic (exact) mass is 307 g/mol. The van der Waals surface area contributed by atoms with Gasteiger partial charge in [0.15, 0.2) is 5.82 Å². The van der Waals surface area contributed by atoms with E-state index in [9.17, 15) is 13.6 Å². The number of halogens is 2. The molecule has 116 valence electrons. The van der Waals surface area contributed by atoms with Crippen LogP contribution in [0.2, 0.25) is 0 Å². The van der Waals surface area contributed by atoms with Gasteiger partial charge in [-0.05, 0) is 37.8 Å². The molecule has 0 spiro atoms. The molecule has 1 saturated carbocycles. The van der Waals surface area contributed by atoms with Crippen molar-refractivity contribution >= 4 is 5.91 Å². The number of aromatic nitrogens is 2. The summed E-state index contributed by atoms with van der Waals surface area (Å²) < 4.78 is 31.6. The van der Waals surface area contributed by atoms with Crippen LogP contribution in [0.1, 0.15) is 42.6 Å². The van der Waals surface area contributed by atoms with Gasteiger partial charge in [0.1, 0.15) is 17.7 Å². The molecule has 5 nitrogen and oxygen atoms in total. The molecular formula is C15H15F2N3O2. The number of carbonyl (C=O) groups is 1. The highest BCUT2D eigenvalue weighted by Crippen LogP contribution is 2.48. The first kappa shape index (κ1) is 14.6. The molecular weight excluding hydrogens is 292 g/mol. The van der Waals surface area contributed by atoms with E-state index in [0.717, 1.165) is 6.07 Å². The van der Waals surface area contributed by atoms with Crippen molar-refractivity contribution in [3.8, 4) is 0 Å². The van der Waals surface area contributed by atoms with Crippen LogP contribution in [-0.4, -0.2) is 16.0 Å². The SMILES string of the molecule is Cc1noc([C@H](C)NC(=O)[C@H]2C[C@H]2c2ccc(F)cc2F)n1. The van der Waals surface area contributed by atoms with Crippen LogP contribution >= 0.6 is 0 Å². The third kappa shape index (κ3) is 2.84. The molecule has 1 heterocycles. The zero-order valence-electron chi connectivity index (χ0n) is 12.1. The van der Waals surface area contributed by atoms with Crippen LogP contribution in [-0.2, 0) is 4.79 Å². The Bertz CT molecular complexity index is 717. The number of hydrogen-bond acceptors (Lipinski definition) is 4. The summed E-state index contributed by atoms with van der Waals surface area (Å²) in [5.41, 5.74) is 0.378. The van der Waals surface area contributed by atoms with Crippen LogP contribution in [0.25, 0.3) is 0 Å². The van der Waals surface area contributed by atoms with Gasteiger partial charge in [-0.2, -0.15) is 4.98 Å². The minimum Gasteiger partial charge on any atom is -0.344 e. The van der Waals surface area contributed by atoms with E-state index in [1.165, 1.54) is 12.1 Å². The molecule has 22 heavy (non-hydrogen) atoms. The van der Waals surface area contributed by atoms with Crippen molar-refractivity contribution in [2.45, 2.75) is 32.2 Å². The Morgan fingerprint density at radius 2 is 2.23 bits per heavy atom. The van der Waals surface area contributed by atoms with Gasteiger partial charge in [0.05, 0.1) is 0 Å². The van der Waals surface area contributed by atoms with E-state index in [2.05, 4.69) is 15.5 Å². The van der Waals surface area contributed by atoms with E-state index in [-0.39, 0.29) is 17.7 Å². The van der Waals surface area contributed by atoms with Gasteiger partial charge in [-0.3, -0.25) is 4.79 Å². The van der Waals surface area contributed by atoms with Crippen molar-refractivity contribution in [3.05, 3.63) is 47.1 Å². The average Bonchev–Trinajstić information content (AvgIpc) is 3.12. The number of hydrogen-bond donors (Lipinski definition) is 1. The van der Waals surface area contributed by atoms with Gasteiger partial charge in [-0.1, -0.05) is 11.2 Å². The summed E-state index contributed by atoms with van der Waals surface area (Å²) in [6.45, 7) is 3.43. The van der Waals surface area contributed by atoms with E-state index >= 15 is 0 Å². The molecule has 2 aromatic rings. The molecule has 7 heteroatoms. The molecule has 0 bridgehead atoms. The fourth-order valence-electron chi connectivity index (χ4n) is 2.50. The molecule has 0 aliphatic heterocycles. The largest absolute Gasteiger partial charge is 0.344 e. The van der Waals surface area contributed by atoms with Gasteiger partial charge < -0.3 is 9.84 Å². The lowest BCUT2D eigenvalue weighted by Crippen LogP contribution is -2.28. The minimum absolute atomic E-state index is 0.197. The molecule has 3 atom stereocenters. The number of rotatable bonds is 4. The smallest absolute Gasteiger partial charge is 0.248 e. The van der Waals surface area contributed by atoms with Gasteiger partial charge in [-0.25, -0.2) is 8.78 Å². The lowest BCUT2D eigenvalue weighted by atomic mass is 10.1. The van der Waals surface area contributed by atoms with Gasteiger partial charge in [0, 0.05) is 12.0 Å². The van der Waals surface area contributed by atoms with Gasteiger partial charge in [-0.15, -0.1) is 0 Å².